The van der Waals surface area contributed by atoms with E-state index in [1.807, 2.05) is 36.6 Å². The molecule has 0 radical (unpaired) electrons. The number of hydrogen-bond donors (Lipinski definition) is 1. The Labute approximate surface area is 204 Å². The summed E-state index contributed by atoms with van der Waals surface area (Å²) in [4.78, 5) is 16.8. The van der Waals surface area contributed by atoms with E-state index in [0.29, 0.717) is 33.2 Å². The summed E-state index contributed by atoms with van der Waals surface area (Å²) >= 11 is 1.32. The van der Waals surface area contributed by atoms with E-state index in [-0.39, 0.29) is 18.2 Å². The molecule has 0 unspecified atom stereocenters. The van der Waals surface area contributed by atoms with Gasteiger partial charge >= 0.3 is 0 Å². The number of carbonyl (C=O) groups excluding carboxylic acids is 1. The number of fused-ring (bicyclic) bond motifs is 1. The average molecular weight is 484 g/mol. The van der Waals surface area contributed by atoms with Gasteiger partial charge in [0.25, 0.3) is 5.91 Å². The molecule has 1 aromatic heterocycles. The predicted molar refractivity (Wildman–Crippen MR) is 132 cm³/mol. The van der Waals surface area contributed by atoms with Crippen molar-refractivity contribution in [1.82, 2.24) is 4.68 Å². The van der Waals surface area contributed by atoms with Crippen LogP contribution in [0.15, 0.2) is 82.2 Å². The molecule has 4 aromatic rings. The fourth-order valence-electron chi connectivity index (χ4n) is 3.55. The first-order chi connectivity index (χ1) is 17.0. The molecular weight excluding hydrogens is 465 g/mol. The van der Waals surface area contributed by atoms with Crippen molar-refractivity contribution >= 4 is 34.3 Å². The molecule has 7 nitrogen and oxygen atoms in total. The second-order valence-corrected chi connectivity index (χ2v) is 8.54. The Morgan fingerprint density at radius 3 is 2.74 bits per heavy atom. The van der Waals surface area contributed by atoms with Crippen molar-refractivity contribution in [2.45, 2.75) is 6.92 Å². The van der Waals surface area contributed by atoms with E-state index < -0.39 is 5.82 Å². The molecule has 0 spiro atoms. The van der Waals surface area contributed by atoms with Gasteiger partial charge in [-0.05, 0) is 55.0 Å². The maximum Gasteiger partial charge on any atom is 0.262 e. The standard InChI is InChI=1S/C26H18FN5O2S/c1-16(18-8-6-17(13-28)7-9-18)31-32-23(15-35-26(32)30-21-5-3-2-4-20(21)27)19-10-11-24-22(12-19)29-25(33)14-34-24/h2-12,15H,14H2,1H3,(H,29,33). The van der Waals surface area contributed by atoms with E-state index in [1.54, 1.807) is 41.1 Å². The fraction of sp³-hybridized carbons (Fsp3) is 0.0769. The molecule has 0 saturated heterocycles. The first-order valence-electron chi connectivity index (χ1n) is 10.6. The van der Waals surface area contributed by atoms with E-state index >= 15 is 0 Å². The summed E-state index contributed by atoms with van der Waals surface area (Å²) in [5.41, 5.74) is 4.32. The van der Waals surface area contributed by atoms with Crippen molar-refractivity contribution in [3.63, 3.8) is 0 Å². The van der Waals surface area contributed by atoms with Crippen molar-refractivity contribution < 1.29 is 13.9 Å². The van der Waals surface area contributed by atoms with Gasteiger partial charge in [-0.2, -0.15) is 10.4 Å². The van der Waals surface area contributed by atoms with Gasteiger partial charge in [0.15, 0.2) is 6.61 Å². The maximum absolute atomic E-state index is 14.3. The van der Waals surface area contributed by atoms with Crippen LogP contribution in [0.3, 0.4) is 0 Å². The Morgan fingerprint density at radius 1 is 1.17 bits per heavy atom. The molecule has 0 aliphatic carbocycles. The van der Waals surface area contributed by atoms with Crippen LogP contribution in [0.1, 0.15) is 18.1 Å². The van der Waals surface area contributed by atoms with E-state index in [4.69, 9.17) is 15.1 Å². The highest BCUT2D eigenvalue weighted by atomic mass is 32.1. The van der Waals surface area contributed by atoms with Crippen LogP contribution in [0.2, 0.25) is 0 Å². The number of anilines is 1. The number of hydrogen-bond acceptors (Lipinski definition) is 6. The largest absolute Gasteiger partial charge is 0.482 e. The summed E-state index contributed by atoms with van der Waals surface area (Å²) in [6.07, 6.45) is 0. The van der Waals surface area contributed by atoms with Gasteiger partial charge in [0.1, 0.15) is 17.3 Å². The van der Waals surface area contributed by atoms with E-state index in [0.717, 1.165) is 11.1 Å². The molecule has 5 rings (SSSR count). The van der Waals surface area contributed by atoms with Crippen LogP contribution in [-0.4, -0.2) is 22.9 Å². The third kappa shape index (κ3) is 4.60. The number of nitrogens with zero attached hydrogens (tertiary/aromatic N) is 4. The number of thiazole rings is 1. The van der Waals surface area contributed by atoms with Crippen LogP contribution in [-0.2, 0) is 4.79 Å². The second kappa shape index (κ2) is 9.37. The van der Waals surface area contributed by atoms with Crippen LogP contribution in [0.4, 0.5) is 15.8 Å². The second-order valence-electron chi connectivity index (χ2n) is 7.70. The van der Waals surface area contributed by atoms with Gasteiger partial charge in [0.2, 0.25) is 4.80 Å². The lowest BCUT2D eigenvalue weighted by molar-refractivity contribution is -0.118. The molecule has 35 heavy (non-hydrogen) atoms. The molecule has 0 fully saturated rings. The van der Waals surface area contributed by atoms with Gasteiger partial charge in [-0.1, -0.05) is 24.3 Å². The lowest BCUT2D eigenvalue weighted by Gasteiger charge is -2.18. The highest BCUT2D eigenvalue weighted by molar-refractivity contribution is 7.07. The van der Waals surface area contributed by atoms with Crippen molar-refractivity contribution in [2.24, 2.45) is 10.1 Å². The summed E-state index contributed by atoms with van der Waals surface area (Å²) in [6.45, 7) is 1.83. The fourth-order valence-corrected chi connectivity index (χ4v) is 4.40. The minimum Gasteiger partial charge on any atom is -0.482 e. The minimum atomic E-state index is -0.435. The zero-order valence-corrected chi connectivity index (χ0v) is 19.3. The number of amides is 1. The summed E-state index contributed by atoms with van der Waals surface area (Å²) in [6, 6.07) is 21.0. The van der Waals surface area contributed by atoms with Crippen LogP contribution < -0.4 is 14.9 Å². The number of para-hydroxylation sites is 1. The van der Waals surface area contributed by atoms with Crippen molar-refractivity contribution in [2.75, 3.05) is 11.9 Å². The van der Waals surface area contributed by atoms with E-state index in [9.17, 15) is 9.18 Å². The molecule has 1 amide bonds. The lowest BCUT2D eigenvalue weighted by atomic mass is 10.1. The van der Waals surface area contributed by atoms with E-state index in [2.05, 4.69) is 16.4 Å². The topological polar surface area (TPSA) is 91.8 Å². The lowest BCUT2D eigenvalue weighted by Crippen LogP contribution is -2.25. The quantitative estimate of drug-likeness (QED) is 0.411. The third-order valence-electron chi connectivity index (χ3n) is 5.34. The van der Waals surface area contributed by atoms with Crippen LogP contribution in [0.25, 0.3) is 11.3 Å². The molecule has 1 aliphatic rings. The zero-order valence-electron chi connectivity index (χ0n) is 18.5. The number of rotatable bonds is 4. The van der Waals surface area contributed by atoms with Crippen molar-refractivity contribution in [3.05, 3.63) is 93.9 Å². The molecular formula is C26H18FN5O2S. The first kappa shape index (κ1) is 22.3. The van der Waals surface area contributed by atoms with Gasteiger partial charge in [-0.15, -0.1) is 11.3 Å². The minimum absolute atomic E-state index is 0.0233. The molecule has 0 saturated carbocycles. The number of aromatic nitrogens is 1. The monoisotopic (exact) mass is 483 g/mol. The molecule has 3 aromatic carbocycles. The molecule has 2 heterocycles. The Hall–Kier alpha value is -4.55. The van der Waals surface area contributed by atoms with Crippen molar-refractivity contribution in [3.8, 4) is 23.1 Å². The summed E-state index contributed by atoms with van der Waals surface area (Å²) in [5, 5.41) is 18.6. The molecule has 1 N–H and O–H groups in total. The van der Waals surface area contributed by atoms with Gasteiger partial charge < -0.3 is 10.1 Å². The molecule has 0 atom stereocenters. The number of nitriles is 1. The summed E-state index contributed by atoms with van der Waals surface area (Å²) < 4.78 is 21.5. The Morgan fingerprint density at radius 2 is 1.97 bits per heavy atom. The highest BCUT2D eigenvalue weighted by Gasteiger charge is 2.18. The molecule has 172 valence electrons. The molecule has 1 aliphatic heterocycles. The van der Waals surface area contributed by atoms with Crippen LogP contribution >= 0.6 is 11.3 Å². The molecule has 9 heteroatoms. The van der Waals surface area contributed by atoms with Gasteiger partial charge in [0.05, 0.1) is 28.7 Å². The Bertz CT molecular complexity index is 1580. The van der Waals surface area contributed by atoms with Crippen LogP contribution in [0, 0.1) is 17.1 Å². The third-order valence-corrected chi connectivity index (χ3v) is 6.16. The van der Waals surface area contributed by atoms with Gasteiger partial charge in [-0.25, -0.2) is 14.1 Å². The maximum atomic E-state index is 14.3. The summed E-state index contributed by atoms with van der Waals surface area (Å²) in [7, 11) is 0. The Balaban J connectivity index is 1.66. The number of halogens is 1. The number of ether oxygens (including phenoxy) is 1. The van der Waals surface area contributed by atoms with Gasteiger partial charge in [0, 0.05) is 10.9 Å². The number of nitrogens with one attached hydrogen (secondary N) is 1. The number of carbonyl (C=O) groups is 1. The predicted octanol–water partition coefficient (Wildman–Crippen LogP) is 5.06. The van der Waals surface area contributed by atoms with Gasteiger partial charge in [-0.3, -0.25) is 4.79 Å². The average Bonchev–Trinajstić information content (AvgIpc) is 3.26. The highest BCUT2D eigenvalue weighted by Crippen LogP contribution is 2.33. The number of benzene rings is 3. The summed E-state index contributed by atoms with van der Waals surface area (Å²) in [5.74, 6) is -0.0723. The van der Waals surface area contributed by atoms with Crippen LogP contribution in [0.5, 0.6) is 5.75 Å². The first-order valence-corrected chi connectivity index (χ1v) is 11.5. The SMILES string of the molecule is CC(=Nn1c(-c2ccc3c(c2)NC(=O)CO3)csc1=Nc1ccccc1F)c1ccc(C#N)cc1. The smallest absolute Gasteiger partial charge is 0.262 e. The Kier molecular flexibility index (Phi) is 5.95. The normalized spacial score (nSPS) is 13.6. The molecule has 0 bridgehead atoms. The van der Waals surface area contributed by atoms with E-state index in [1.165, 1.54) is 17.4 Å². The zero-order chi connectivity index (χ0) is 24.4. The van der Waals surface area contributed by atoms with Crippen molar-refractivity contribution in [1.29, 1.82) is 5.26 Å².